The first-order chi connectivity index (χ1) is 15.1. The molecule has 162 valence electrons. The summed E-state index contributed by atoms with van der Waals surface area (Å²) in [5.74, 6) is -0.453. The van der Waals surface area contributed by atoms with Gasteiger partial charge >= 0.3 is 6.03 Å². The molecule has 1 aromatic heterocycles. The lowest BCUT2D eigenvalue weighted by Crippen LogP contribution is -2.40. The molecule has 0 atom stereocenters. The first-order valence-electron chi connectivity index (χ1n) is 11.0. The quantitative estimate of drug-likeness (QED) is 0.713. The number of likely N-dealkylation sites (N-methyl/N-ethyl adjacent to an activating group) is 1. The van der Waals surface area contributed by atoms with Crippen molar-refractivity contribution in [3.63, 3.8) is 0 Å². The number of pyridine rings is 1. The minimum absolute atomic E-state index is 0.0111. The Balaban J connectivity index is 1.43. The van der Waals surface area contributed by atoms with Gasteiger partial charge in [0.25, 0.3) is 11.8 Å². The molecular formula is C24H28N4O3. The molecule has 2 aromatic rings. The predicted octanol–water partition coefficient (Wildman–Crippen LogP) is 4.11. The Labute approximate surface area is 182 Å². The Bertz CT molecular complexity index is 970. The number of anilines is 1. The number of urea groups is 1. The van der Waals surface area contributed by atoms with E-state index in [4.69, 9.17) is 0 Å². The molecule has 7 nitrogen and oxygen atoms in total. The number of carbonyl (C=O) groups is 3. The summed E-state index contributed by atoms with van der Waals surface area (Å²) in [5, 5.41) is 2.88. The maximum Gasteiger partial charge on any atom is 0.321 e. The van der Waals surface area contributed by atoms with Crippen molar-refractivity contribution >= 4 is 23.5 Å². The van der Waals surface area contributed by atoms with E-state index in [9.17, 15) is 14.4 Å². The van der Waals surface area contributed by atoms with Crippen LogP contribution in [-0.4, -0.2) is 51.8 Å². The van der Waals surface area contributed by atoms with Crippen LogP contribution in [0.5, 0.6) is 0 Å². The number of nitrogens with one attached hydrogen (secondary N) is 1. The van der Waals surface area contributed by atoms with Crippen molar-refractivity contribution in [2.24, 2.45) is 0 Å². The highest BCUT2D eigenvalue weighted by Crippen LogP contribution is 2.32. The van der Waals surface area contributed by atoms with Crippen molar-refractivity contribution in [1.29, 1.82) is 0 Å². The molecule has 31 heavy (non-hydrogen) atoms. The topological polar surface area (TPSA) is 82.6 Å². The Morgan fingerprint density at radius 2 is 1.77 bits per heavy atom. The minimum atomic E-state index is -0.243. The maximum absolute atomic E-state index is 13.0. The molecule has 1 aliphatic heterocycles. The van der Waals surface area contributed by atoms with Gasteiger partial charge in [0.1, 0.15) is 0 Å². The lowest BCUT2D eigenvalue weighted by molar-refractivity contribution is 0.0549. The highest BCUT2D eigenvalue weighted by molar-refractivity contribution is 6.22. The van der Waals surface area contributed by atoms with E-state index in [-0.39, 0.29) is 23.9 Å². The molecule has 4 amide bonds. The van der Waals surface area contributed by atoms with Crippen LogP contribution in [0.1, 0.15) is 65.3 Å². The molecule has 0 spiro atoms. The van der Waals surface area contributed by atoms with E-state index in [0.717, 1.165) is 44.1 Å². The average Bonchev–Trinajstić information content (AvgIpc) is 3.05. The Morgan fingerprint density at radius 1 is 1.06 bits per heavy atom. The minimum Gasteiger partial charge on any atom is -0.324 e. The molecule has 1 aromatic carbocycles. The molecule has 1 aliphatic carbocycles. The summed E-state index contributed by atoms with van der Waals surface area (Å²) in [6.45, 7) is 3.07. The van der Waals surface area contributed by atoms with Crippen molar-refractivity contribution in [2.75, 3.05) is 18.4 Å². The van der Waals surface area contributed by atoms with Gasteiger partial charge in [-0.3, -0.25) is 19.5 Å². The Hall–Kier alpha value is -3.22. The molecule has 1 saturated carbocycles. The van der Waals surface area contributed by atoms with E-state index in [1.54, 1.807) is 35.5 Å². The molecule has 2 aliphatic rings. The molecular weight excluding hydrogens is 392 g/mol. The third-order valence-corrected chi connectivity index (χ3v) is 6.20. The Morgan fingerprint density at radius 3 is 2.48 bits per heavy atom. The zero-order valence-corrected chi connectivity index (χ0v) is 17.8. The number of hydrogen-bond acceptors (Lipinski definition) is 4. The third kappa shape index (κ3) is 4.45. The molecule has 0 unspecified atom stereocenters. The van der Waals surface area contributed by atoms with Gasteiger partial charge in [-0.15, -0.1) is 0 Å². The number of aromatic nitrogens is 1. The molecule has 4 rings (SSSR count). The van der Waals surface area contributed by atoms with Crippen molar-refractivity contribution in [1.82, 2.24) is 14.8 Å². The molecule has 7 heteroatoms. The number of rotatable bonds is 6. The average molecular weight is 421 g/mol. The number of carbonyl (C=O) groups excluding carboxylic acids is 3. The SMILES string of the molecule is CCN(CCc1ccncc1)C(=O)Nc1ccc2c(c1)C(=O)N(C1CCCCC1)C2=O. The second kappa shape index (κ2) is 9.29. The number of amides is 4. The van der Waals surface area contributed by atoms with Gasteiger partial charge in [0.2, 0.25) is 0 Å². The van der Waals surface area contributed by atoms with Gasteiger partial charge in [-0.05, 0) is 62.1 Å². The molecule has 1 fully saturated rings. The van der Waals surface area contributed by atoms with Gasteiger partial charge in [0, 0.05) is 37.2 Å². The smallest absolute Gasteiger partial charge is 0.321 e. The molecule has 0 radical (unpaired) electrons. The van der Waals surface area contributed by atoms with Gasteiger partial charge < -0.3 is 10.2 Å². The van der Waals surface area contributed by atoms with Crippen LogP contribution >= 0.6 is 0 Å². The zero-order chi connectivity index (χ0) is 21.8. The van der Waals surface area contributed by atoms with Crippen LogP contribution < -0.4 is 5.32 Å². The second-order valence-corrected chi connectivity index (χ2v) is 8.15. The summed E-state index contributed by atoms with van der Waals surface area (Å²) < 4.78 is 0. The van der Waals surface area contributed by atoms with Crippen LogP contribution in [0.25, 0.3) is 0 Å². The van der Waals surface area contributed by atoms with Crippen molar-refractivity contribution in [3.8, 4) is 0 Å². The fourth-order valence-corrected chi connectivity index (χ4v) is 4.43. The number of hydrogen-bond donors (Lipinski definition) is 1. The lowest BCUT2D eigenvalue weighted by atomic mass is 9.94. The molecule has 2 heterocycles. The predicted molar refractivity (Wildman–Crippen MR) is 118 cm³/mol. The summed E-state index contributed by atoms with van der Waals surface area (Å²) in [5.41, 5.74) is 2.45. The number of benzene rings is 1. The van der Waals surface area contributed by atoms with Crippen LogP contribution in [0.2, 0.25) is 0 Å². The van der Waals surface area contributed by atoms with Crippen LogP contribution in [0.3, 0.4) is 0 Å². The number of imide groups is 1. The van der Waals surface area contributed by atoms with Crippen molar-refractivity contribution in [3.05, 3.63) is 59.4 Å². The van der Waals surface area contributed by atoms with Crippen molar-refractivity contribution < 1.29 is 14.4 Å². The van der Waals surface area contributed by atoms with E-state index in [1.165, 1.54) is 4.90 Å². The van der Waals surface area contributed by atoms with E-state index in [1.807, 2.05) is 19.1 Å². The first-order valence-corrected chi connectivity index (χ1v) is 11.0. The standard InChI is InChI=1S/C24H28N4O3/c1-2-27(15-12-17-10-13-25-14-11-17)24(31)26-18-8-9-20-21(16-18)23(30)28(22(20)29)19-6-4-3-5-7-19/h8-11,13-14,16,19H,2-7,12,15H2,1H3,(H,26,31). The van der Waals surface area contributed by atoms with E-state index in [2.05, 4.69) is 10.3 Å². The second-order valence-electron chi connectivity index (χ2n) is 8.15. The molecule has 0 bridgehead atoms. The van der Waals surface area contributed by atoms with Crippen LogP contribution in [0.15, 0.2) is 42.7 Å². The Kier molecular flexibility index (Phi) is 6.30. The fourth-order valence-electron chi connectivity index (χ4n) is 4.43. The largest absolute Gasteiger partial charge is 0.324 e. The first kappa shape index (κ1) is 21.0. The summed E-state index contributed by atoms with van der Waals surface area (Å²) in [6.07, 6.45) is 9.21. The fraction of sp³-hybridized carbons (Fsp3) is 0.417. The van der Waals surface area contributed by atoms with Gasteiger partial charge in [-0.2, -0.15) is 0 Å². The van der Waals surface area contributed by atoms with E-state index in [0.29, 0.717) is 29.9 Å². The molecule has 1 N–H and O–H groups in total. The van der Waals surface area contributed by atoms with Crippen molar-refractivity contribution in [2.45, 2.75) is 51.5 Å². The monoisotopic (exact) mass is 420 g/mol. The number of fused-ring (bicyclic) bond motifs is 1. The van der Waals surface area contributed by atoms with Gasteiger partial charge in [0.05, 0.1) is 11.1 Å². The third-order valence-electron chi connectivity index (χ3n) is 6.20. The zero-order valence-electron chi connectivity index (χ0n) is 17.8. The van der Waals surface area contributed by atoms with Crippen LogP contribution in [-0.2, 0) is 6.42 Å². The van der Waals surface area contributed by atoms with Crippen LogP contribution in [0, 0.1) is 0 Å². The maximum atomic E-state index is 13.0. The lowest BCUT2D eigenvalue weighted by Gasteiger charge is -2.29. The van der Waals surface area contributed by atoms with Gasteiger partial charge in [-0.1, -0.05) is 19.3 Å². The normalized spacial score (nSPS) is 16.4. The van der Waals surface area contributed by atoms with E-state index >= 15 is 0 Å². The van der Waals surface area contributed by atoms with Gasteiger partial charge in [-0.25, -0.2) is 4.79 Å². The molecule has 0 saturated heterocycles. The number of nitrogens with zero attached hydrogens (tertiary/aromatic N) is 3. The summed E-state index contributed by atoms with van der Waals surface area (Å²) in [4.78, 5) is 45.7. The summed E-state index contributed by atoms with van der Waals surface area (Å²) in [6, 6.07) is 8.62. The van der Waals surface area contributed by atoms with Crippen LogP contribution in [0.4, 0.5) is 10.5 Å². The summed E-state index contributed by atoms with van der Waals surface area (Å²) >= 11 is 0. The van der Waals surface area contributed by atoms with E-state index < -0.39 is 0 Å². The highest BCUT2D eigenvalue weighted by Gasteiger charge is 2.40. The highest BCUT2D eigenvalue weighted by atomic mass is 16.2. The summed E-state index contributed by atoms with van der Waals surface area (Å²) in [7, 11) is 0. The van der Waals surface area contributed by atoms with Gasteiger partial charge in [0.15, 0.2) is 0 Å².